The zero-order valence-electron chi connectivity index (χ0n) is 14.1. The number of carbonyl (C=O) groups excluding carboxylic acids is 1. The molecule has 0 radical (unpaired) electrons. The molecule has 1 N–H and O–H groups in total. The van der Waals surface area contributed by atoms with E-state index in [2.05, 4.69) is 16.4 Å². The lowest BCUT2D eigenvalue weighted by Gasteiger charge is -2.21. The van der Waals surface area contributed by atoms with Gasteiger partial charge in [-0.25, -0.2) is 4.98 Å². The number of nitrogens with one attached hydrogen (secondary N) is 1. The Morgan fingerprint density at radius 1 is 1.40 bits per heavy atom. The van der Waals surface area contributed by atoms with Crippen LogP contribution in [0.2, 0.25) is 0 Å². The number of benzene rings is 1. The highest BCUT2D eigenvalue weighted by Gasteiger charge is 2.35. The summed E-state index contributed by atoms with van der Waals surface area (Å²) in [6, 6.07) is 9.46. The van der Waals surface area contributed by atoms with Crippen molar-refractivity contribution in [2.24, 2.45) is 0 Å². The van der Waals surface area contributed by atoms with Crippen LogP contribution in [-0.2, 0) is 11.3 Å². The molecular weight excluding hydrogens is 336 g/mol. The molecule has 2 aromatic rings. The Balaban J connectivity index is 1.78. The zero-order chi connectivity index (χ0) is 17.9. The van der Waals surface area contributed by atoms with Gasteiger partial charge in [0.2, 0.25) is 5.91 Å². The second-order valence-corrected chi connectivity index (χ2v) is 7.14. The molecule has 1 aromatic carbocycles. The predicted molar refractivity (Wildman–Crippen MR) is 97.4 cm³/mol. The SMILES string of the molecule is CCn1c(SCC(=O)NC2(C#N)CCCC2)nc2ccccc2c1=O. The van der Waals surface area contributed by atoms with Crippen LogP contribution in [0.3, 0.4) is 0 Å². The molecule has 1 amide bonds. The third-order valence-corrected chi connectivity index (χ3v) is 5.50. The van der Waals surface area contributed by atoms with Gasteiger partial charge in [-0.1, -0.05) is 23.9 Å². The van der Waals surface area contributed by atoms with E-state index in [0.29, 0.717) is 35.4 Å². The van der Waals surface area contributed by atoms with Gasteiger partial charge in [-0.3, -0.25) is 14.2 Å². The number of aromatic nitrogens is 2. The lowest BCUT2D eigenvalue weighted by atomic mass is 10.0. The standard InChI is InChI=1S/C18H20N4O2S/c1-2-22-16(24)13-7-3-4-8-14(13)20-17(22)25-11-15(23)21-18(12-19)9-5-6-10-18/h3-4,7-8H,2,5-6,9-11H2,1H3,(H,21,23). The van der Waals surface area contributed by atoms with Gasteiger partial charge in [0.05, 0.1) is 22.7 Å². The van der Waals surface area contributed by atoms with Gasteiger partial charge in [-0.15, -0.1) is 0 Å². The Bertz CT molecular complexity index is 894. The van der Waals surface area contributed by atoms with E-state index in [9.17, 15) is 14.9 Å². The molecule has 1 aliphatic rings. The topological polar surface area (TPSA) is 87.8 Å². The maximum absolute atomic E-state index is 12.6. The van der Waals surface area contributed by atoms with Crippen LogP contribution in [0.25, 0.3) is 10.9 Å². The number of thioether (sulfide) groups is 1. The molecule has 0 saturated heterocycles. The second kappa shape index (κ2) is 7.28. The van der Waals surface area contributed by atoms with Crippen LogP contribution in [-0.4, -0.2) is 26.8 Å². The summed E-state index contributed by atoms with van der Waals surface area (Å²) in [6.07, 6.45) is 3.33. The predicted octanol–water partition coefficient (Wildman–Crippen LogP) is 2.46. The van der Waals surface area contributed by atoms with E-state index < -0.39 is 5.54 Å². The fourth-order valence-electron chi connectivity index (χ4n) is 3.21. The lowest BCUT2D eigenvalue weighted by Crippen LogP contribution is -2.45. The number of carbonyl (C=O) groups is 1. The van der Waals surface area contributed by atoms with Crippen LogP contribution < -0.4 is 10.9 Å². The number of nitriles is 1. The summed E-state index contributed by atoms with van der Waals surface area (Å²) in [5, 5.41) is 13.3. The number of nitrogens with zero attached hydrogens (tertiary/aromatic N) is 3. The molecule has 0 atom stereocenters. The summed E-state index contributed by atoms with van der Waals surface area (Å²) in [7, 11) is 0. The molecule has 25 heavy (non-hydrogen) atoms. The average molecular weight is 356 g/mol. The first-order valence-corrected chi connectivity index (χ1v) is 9.42. The molecule has 0 bridgehead atoms. The van der Waals surface area contributed by atoms with Gasteiger partial charge in [0.15, 0.2) is 5.16 Å². The molecular formula is C18H20N4O2S. The summed E-state index contributed by atoms with van der Waals surface area (Å²) in [5.41, 5.74) is -0.191. The quantitative estimate of drug-likeness (QED) is 0.657. The van der Waals surface area contributed by atoms with Crippen molar-refractivity contribution in [2.45, 2.75) is 49.8 Å². The van der Waals surface area contributed by atoms with E-state index in [4.69, 9.17) is 0 Å². The number of para-hydroxylation sites is 1. The second-order valence-electron chi connectivity index (χ2n) is 6.20. The van der Waals surface area contributed by atoms with Crippen LogP contribution >= 0.6 is 11.8 Å². The highest BCUT2D eigenvalue weighted by Crippen LogP contribution is 2.29. The van der Waals surface area contributed by atoms with Gasteiger partial charge in [0, 0.05) is 6.54 Å². The summed E-state index contributed by atoms with van der Waals surface area (Å²) in [5.74, 6) is -0.0627. The van der Waals surface area contributed by atoms with Crippen molar-refractivity contribution in [3.8, 4) is 6.07 Å². The maximum Gasteiger partial charge on any atom is 0.262 e. The number of rotatable bonds is 5. The minimum atomic E-state index is -0.723. The molecule has 130 valence electrons. The summed E-state index contributed by atoms with van der Waals surface area (Å²) in [6.45, 7) is 2.37. The minimum Gasteiger partial charge on any atom is -0.337 e. The zero-order valence-corrected chi connectivity index (χ0v) is 14.9. The van der Waals surface area contributed by atoms with Gasteiger partial charge < -0.3 is 5.32 Å². The van der Waals surface area contributed by atoms with Crippen LogP contribution in [0.15, 0.2) is 34.2 Å². The molecule has 3 rings (SSSR count). The van der Waals surface area contributed by atoms with Gasteiger partial charge in [-0.2, -0.15) is 5.26 Å². The number of hydrogen-bond donors (Lipinski definition) is 1. The monoisotopic (exact) mass is 356 g/mol. The van der Waals surface area contributed by atoms with E-state index in [1.807, 2.05) is 19.1 Å². The number of hydrogen-bond acceptors (Lipinski definition) is 5. The van der Waals surface area contributed by atoms with Crippen molar-refractivity contribution in [3.05, 3.63) is 34.6 Å². The summed E-state index contributed by atoms with van der Waals surface area (Å²) in [4.78, 5) is 29.4. The normalized spacial score (nSPS) is 15.8. The first-order valence-electron chi connectivity index (χ1n) is 8.43. The van der Waals surface area contributed by atoms with Gasteiger partial charge in [0.1, 0.15) is 5.54 Å². The van der Waals surface area contributed by atoms with E-state index in [-0.39, 0.29) is 17.2 Å². The summed E-state index contributed by atoms with van der Waals surface area (Å²) < 4.78 is 1.58. The van der Waals surface area contributed by atoms with Crippen molar-refractivity contribution < 1.29 is 4.79 Å². The molecule has 6 nitrogen and oxygen atoms in total. The fourth-order valence-corrected chi connectivity index (χ4v) is 4.08. The highest BCUT2D eigenvalue weighted by molar-refractivity contribution is 7.99. The third kappa shape index (κ3) is 3.54. The molecule has 1 aliphatic carbocycles. The van der Waals surface area contributed by atoms with Crippen molar-refractivity contribution >= 4 is 28.6 Å². The van der Waals surface area contributed by atoms with Crippen LogP contribution in [0, 0.1) is 11.3 Å². The largest absolute Gasteiger partial charge is 0.337 e. The van der Waals surface area contributed by atoms with Gasteiger partial charge in [-0.05, 0) is 44.7 Å². The van der Waals surface area contributed by atoms with E-state index in [1.54, 1.807) is 16.7 Å². The third-order valence-electron chi connectivity index (χ3n) is 4.53. The molecule has 1 heterocycles. The first-order chi connectivity index (χ1) is 12.1. The van der Waals surface area contributed by atoms with Crippen LogP contribution in [0.1, 0.15) is 32.6 Å². The number of amides is 1. The average Bonchev–Trinajstić information content (AvgIpc) is 3.09. The van der Waals surface area contributed by atoms with E-state index in [0.717, 1.165) is 12.8 Å². The Labute approximate surface area is 150 Å². The Hall–Kier alpha value is -2.33. The van der Waals surface area contributed by atoms with Crippen molar-refractivity contribution in [3.63, 3.8) is 0 Å². The first kappa shape index (κ1) is 17.5. The Morgan fingerprint density at radius 2 is 2.12 bits per heavy atom. The molecule has 0 aliphatic heterocycles. The smallest absolute Gasteiger partial charge is 0.262 e. The van der Waals surface area contributed by atoms with Gasteiger partial charge in [0.25, 0.3) is 5.56 Å². The number of fused-ring (bicyclic) bond motifs is 1. The van der Waals surface area contributed by atoms with E-state index in [1.165, 1.54) is 11.8 Å². The van der Waals surface area contributed by atoms with Crippen LogP contribution in [0.4, 0.5) is 0 Å². The van der Waals surface area contributed by atoms with Crippen molar-refractivity contribution in [2.75, 3.05) is 5.75 Å². The maximum atomic E-state index is 12.6. The fraction of sp³-hybridized carbons (Fsp3) is 0.444. The molecule has 1 fully saturated rings. The van der Waals surface area contributed by atoms with Crippen molar-refractivity contribution in [1.82, 2.24) is 14.9 Å². The highest BCUT2D eigenvalue weighted by atomic mass is 32.2. The van der Waals surface area contributed by atoms with Crippen LogP contribution in [0.5, 0.6) is 0 Å². The Kier molecular flexibility index (Phi) is 5.09. The minimum absolute atomic E-state index is 0.0969. The molecule has 0 unspecified atom stereocenters. The molecule has 7 heteroatoms. The van der Waals surface area contributed by atoms with Crippen molar-refractivity contribution in [1.29, 1.82) is 5.26 Å². The molecule has 1 aromatic heterocycles. The Morgan fingerprint density at radius 3 is 2.80 bits per heavy atom. The molecule has 0 spiro atoms. The van der Waals surface area contributed by atoms with E-state index >= 15 is 0 Å². The van der Waals surface area contributed by atoms with Gasteiger partial charge >= 0.3 is 0 Å². The lowest BCUT2D eigenvalue weighted by molar-refractivity contribution is -0.119. The molecule has 1 saturated carbocycles. The summed E-state index contributed by atoms with van der Waals surface area (Å²) >= 11 is 1.23.